The largest absolute Gasteiger partial charge is 0.465 e. The number of rotatable bonds is 5. The van der Waals surface area contributed by atoms with Crippen LogP contribution in [0.3, 0.4) is 0 Å². The van der Waals surface area contributed by atoms with Crippen molar-refractivity contribution in [2.75, 3.05) is 6.61 Å². The van der Waals surface area contributed by atoms with Crippen molar-refractivity contribution in [3.05, 3.63) is 35.9 Å². The van der Waals surface area contributed by atoms with Crippen LogP contribution in [0.25, 0.3) is 0 Å². The molecule has 0 aliphatic rings. The molecule has 0 amide bonds. The highest BCUT2D eigenvalue weighted by atomic mass is 79.9. The summed E-state index contributed by atoms with van der Waals surface area (Å²) in [5, 5.41) is 0. The van der Waals surface area contributed by atoms with E-state index in [1.165, 1.54) is 5.56 Å². The van der Waals surface area contributed by atoms with Gasteiger partial charge in [-0.2, -0.15) is 0 Å². The summed E-state index contributed by atoms with van der Waals surface area (Å²) in [6, 6.07) is 10.1. The Bertz CT molecular complexity index is 298. The number of benzene rings is 1. The second-order valence-electron chi connectivity index (χ2n) is 3.24. The first-order chi connectivity index (χ1) is 7.24. The fourth-order valence-electron chi connectivity index (χ4n) is 1.29. The SMILES string of the molecule is CCOC(=O)[C@@H](Br)CCc1ccccc1. The molecule has 0 aliphatic carbocycles. The molecule has 1 aromatic rings. The Kier molecular flexibility index (Phi) is 5.40. The van der Waals surface area contributed by atoms with E-state index in [0.717, 1.165) is 12.8 Å². The summed E-state index contributed by atoms with van der Waals surface area (Å²) < 4.78 is 4.91. The molecule has 0 aliphatic heterocycles. The Labute approximate surface area is 98.8 Å². The second-order valence-corrected chi connectivity index (χ2v) is 4.35. The molecule has 82 valence electrons. The molecule has 15 heavy (non-hydrogen) atoms. The molecule has 1 aromatic carbocycles. The van der Waals surface area contributed by atoms with Crippen molar-refractivity contribution in [2.24, 2.45) is 0 Å². The predicted octanol–water partition coefficient (Wildman–Crippen LogP) is 2.95. The Morgan fingerprint density at radius 2 is 2.07 bits per heavy atom. The summed E-state index contributed by atoms with van der Waals surface area (Å²) in [4.78, 5) is 11.1. The van der Waals surface area contributed by atoms with Gasteiger partial charge >= 0.3 is 5.97 Å². The van der Waals surface area contributed by atoms with Gasteiger partial charge in [0, 0.05) is 0 Å². The third-order valence-corrected chi connectivity index (χ3v) is 2.90. The summed E-state index contributed by atoms with van der Waals surface area (Å²) in [6.45, 7) is 2.25. The highest BCUT2D eigenvalue weighted by molar-refractivity contribution is 9.10. The number of carbonyl (C=O) groups excluding carboxylic acids is 1. The molecule has 0 aromatic heterocycles. The van der Waals surface area contributed by atoms with Crippen LogP contribution in [0, 0.1) is 0 Å². The van der Waals surface area contributed by atoms with Gasteiger partial charge in [0.05, 0.1) is 6.61 Å². The number of halogens is 1. The van der Waals surface area contributed by atoms with E-state index in [9.17, 15) is 4.79 Å². The number of aryl methyl sites for hydroxylation is 1. The predicted molar refractivity (Wildman–Crippen MR) is 64.1 cm³/mol. The topological polar surface area (TPSA) is 26.3 Å². The van der Waals surface area contributed by atoms with E-state index >= 15 is 0 Å². The minimum atomic E-state index is -0.197. The van der Waals surface area contributed by atoms with Gasteiger partial charge in [-0.15, -0.1) is 0 Å². The van der Waals surface area contributed by atoms with E-state index < -0.39 is 0 Å². The highest BCUT2D eigenvalue weighted by Gasteiger charge is 2.15. The normalized spacial score (nSPS) is 12.1. The first kappa shape index (κ1) is 12.2. The molecule has 2 nitrogen and oxygen atoms in total. The average molecular weight is 271 g/mol. The van der Waals surface area contributed by atoms with Crippen molar-refractivity contribution in [2.45, 2.75) is 24.6 Å². The number of esters is 1. The van der Waals surface area contributed by atoms with Gasteiger partial charge in [-0.3, -0.25) is 4.79 Å². The number of hydrogen-bond acceptors (Lipinski definition) is 2. The van der Waals surface area contributed by atoms with E-state index in [4.69, 9.17) is 4.74 Å². The fraction of sp³-hybridized carbons (Fsp3) is 0.417. The molecule has 0 N–H and O–H groups in total. The van der Waals surface area contributed by atoms with Crippen molar-refractivity contribution in [1.29, 1.82) is 0 Å². The molecule has 0 unspecified atom stereocenters. The molecule has 1 rings (SSSR count). The maximum atomic E-state index is 11.3. The quantitative estimate of drug-likeness (QED) is 0.608. The highest BCUT2D eigenvalue weighted by Crippen LogP contribution is 2.12. The minimum absolute atomic E-state index is 0.173. The Hall–Kier alpha value is -0.830. The third kappa shape index (κ3) is 4.47. The van der Waals surface area contributed by atoms with E-state index in [-0.39, 0.29) is 10.8 Å². The summed E-state index contributed by atoms with van der Waals surface area (Å²) in [5.41, 5.74) is 1.24. The molecule has 3 heteroatoms. The minimum Gasteiger partial charge on any atom is -0.465 e. The van der Waals surface area contributed by atoms with Crippen LogP contribution in [0.4, 0.5) is 0 Å². The van der Waals surface area contributed by atoms with Crippen LogP contribution in [0.5, 0.6) is 0 Å². The van der Waals surface area contributed by atoms with Gasteiger partial charge in [-0.25, -0.2) is 0 Å². The van der Waals surface area contributed by atoms with Gasteiger partial charge in [0.15, 0.2) is 0 Å². The van der Waals surface area contributed by atoms with Crippen molar-refractivity contribution in [1.82, 2.24) is 0 Å². The number of hydrogen-bond donors (Lipinski definition) is 0. The molecular formula is C12H15BrO2. The molecule has 0 saturated carbocycles. The van der Waals surface area contributed by atoms with Gasteiger partial charge in [-0.1, -0.05) is 46.3 Å². The van der Waals surface area contributed by atoms with Crippen molar-refractivity contribution in [3.8, 4) is 0 Å². The lowest BCUT2D eigenvalue weighted by Gasteiger charge is -2.08. The van der Waals surface area contributed by atoms with Crippen molar-refractivity contribution in [3.63, 3.8) is 0 Å². The molecule has 0 bridgehead atoms. The molecule has 0 heterocycles. The Balaban J connectivity index is 2.34. The number of carbonyl (C=O) groups is 1. The number of ether oxygens (including phenoxy) is 1. The first-order valence-corrected chi connectivity index (χ1v) is 6.00. The van der Waals surface area contributed by atoms with Crippen LogP contribution in [-0.2, 0) is 16.0 Å². The van der Waals surface area contributed by atoms with Gasteiger partial charge in [0.1, 0.15) is 4.83 Å². The summed E-state index contributed by atoms with van der Waals surface area (Å²) in [5.74, 6) is -0.173. The van der Waals surface area contributed by atoms with Crippen molar-refractivity contribution < 1.29 is 9.53 Å². The van der Waals surface area contributed by atoms with Gasteiger partial charge in [0.25, 0.3) is 0 Å². The maximum Gasteiger partial charge on any atom is 0.319 e. The zero-order valence-corrected chi connectivity index (χ0v) is 10.4. The summed E-state index contributed by atoms with van der Waals surface area (Å²) >= 11 is 3.33. The summed E-state index contributed by atoms with van der Waals surface area (Å²) in [7, 11) is 0. The molecule has 0 saturated heterocycles. The smallest absolute Gasteiger partial charge is 0.319 e. The van der Waals surface area contributed by atoms with Gasteiger partial charge in [0.2, 0.25) is 0 Å². The van der Waals surface area contributed by atoms with Crippen LogP contribution >= 0.6 is 15.9 Å². The van der Waals surface area contributed by atoms with Crippen LogP contribution < -0.4 is 0 Å². The zero-order valence-electron chi connectivity index (χ0n) is 8.78. The standard InChI is InChI=1S/C12H15BrO2/c1-2-15-12(14)11(13)9-8-10-6-4-3-5-7-10/h3-7,11H,2,8-9H2,1H3/t11-/m0/s1. The van der Waals surface area contributed by atoms with E-state index in [1.54, 1.807) is 0 Å². The van der Waals surface area contributed by atoms with Crippen LogP contribution in [0.2, 0.25) is 0 Å². The maximum absolute atomic E-state index is 11.3. The van der Waals surface area contributed by atoms with E-state index in [2.05, 4.69) is 28.1 Å². The lowest BCUT2D eigenvalue weighted by atomic mass is 10.1. The lowest BCUT2D eigenvalue weighted by Crippen LogP contribution is -2.17. The van der Waals surface area contributed by atoms with E-state index in [0.29, 0.717) is 6.61 Å². The molecular weight excluding hydrogens is 256 g/mol. The second kappa shape index (κ2) is 6.62. The van der Waals surface area contributed by atoms with E-state index in [1.807, 2.05) is 25.1 Å². The molecule has 0 radical (unpaired) electrons. The van der Waals surface area contributed by atoms with Gasteiger partial charge < -0.3 is 4.74 Å². The monoisotopic (exact) mass is 270 g/mol. The molecule has 0 fully saturated rings. The summed E-state index contributed by atoms with van der Waals surface area (Å²) in [6.07, 6.45) is 1.65. The molecule has 1 atom stereocenters. The van der Waals surface area contributed by atoms with Crippen LogP contribution in [0.1, 0.15) is 18.9 Å². The Morgan fingerprint density at radius 1 is 1.40 bits per heavy atom. The van der Waals surface area contributed by atoms with Gasteiger partial charge in [-0.05, 0) is 25.3 Å². The molecule has 0 spiro atoms. The fourth-order valence-corrected chi connectivity index (χ4v) is 1.65. The van der Waals surface area contributed by atoms with Crippen LogP contribution in [-0.4, -0.2) is 17.4 Å². The zero-order chi connectivity index (χ0) is 11.1. The first-order valence-electron chi connectivity index (χ1n) is 5.08. The van der Waals surface area contributed by atoms with Crippen molar-refractivity contribution >= 4 is 21.9 Å². The lowest BCUT2D eigenvalue weighted by molar-refractivity contribution is -0.142. The Morgan fingerprint density at radius 3 is 2.67 bits per heavy atom. The number of alkyl halides is 1. The average Bonchev–Trinajstić information content (AvgIpc) is 2.27. The van der Waals surface area contributed by atoms with Crippen LogP contribution in [0.15, 0.2) is 30.3 Å². The third-order valence-electron chi connectivity index (χ3n) is 2.07.